The van der Waals surface area contributed by atoms with Crippen molar-refractivity contribution >= 4 is 11.6 Å². The molecular weight excluding hydrogens is 184 g/mol. The van der Waals surface area contributed by atoms with Gasteiger partial charge in [-0.3, -0.25) is 0 Å². The molecule has 1 saturated heterocycles. The van der Waals surface area contributed by atoms with Crippen molar-refractivity contribution in [1.82, 2.24) is 0 Å². The summed E-state index contributed by atoms with van der Waals surface area (Å²) in [6, 6.07) is 6.18. The highest BCUT2D eigenvalue weighted by molar-refractivity contribution is 6.30. The number of ether oxygens (including phenoxy) is 1. The maximum absolute atomic E-state index is 5.95. The minimum Gasteiger partial charge on any atom is -0.364 e. The summed E-state index contributed by atoms with van der Waals surface area (Å²) in [6.07, 6.45) is 3.57. The highest BCUT2D eigenvalue weighted by Crippen LogP contribution is 2.48. The third-order valence-corrected chi connectivity index (χ3v) is 3.31. The number of rotatable bonds is 0. The van der Waals surface area contributed by atoms with Gasteiger partial charge in [0, 0.05) is 5.02 Å². The summed E-state index contributed by atoms with van der Waals surface area (Å²) in [4.78, 5) is 0. The Morgan fingerprint density at radius 1 is 1.38 bits per heavy atom. The maximum Gasteiger partial charge on any atom is 0.117 e. The zero-order valence-corrected chi connectivity index (χ0v) is 8.10. The van der Waals surface area contributed by atoms with Crippen LogP contribution in [0.2, 0.25) is 5.02 Å². The predicted molar refractivity (Wildman–Crippen MR) is 52.0 cm³/mol. The van der Waals surface area contributed by atoms with Crippen molar-refractivity contribution in [3.63, 3.8) is 0 Å². The van der Waals surface area contributed by atoms with Crippen LogP contribution in [0.5, 0.6) is 0 Å². The van der Waals surface area contributed by atoms with Crippen LogP contribution >= 0.6 is 11.6 Å². The molecule has 1 spiro atoms. The fourth-order valence-electron chi connectivity index (χ4n) is 2.30. The summed E-state index contributed by atoms with van der Waals surface area (Å²) in [5.74, 6) is 0. The van der Waals surface area contributed by atoms with E-state index in [0.29, 0.717) is 0 Å². The lowest BCUT2D eigenvalue weighted by atomic mass is 9.83. The van der Waals surface area contributed by atoms with E-state index in [1.54, 1.807) is 0 Å². The largest absolute Gasteiger partial charge is 0.364 e. The molecule has 0 aromatic heterocycles. The highest BCUT2D eigenvalue weighted by Gasteiger charge is 2.48. The number of hydrogen-bond donors (Lipinski definition) is 0. The molecule has 13 heavy (non-hydrogen) atoms. The van der Waals surface area contributed by atoms with Gasteiger partial charge in [-0.15, -0.1) is 0 Å². The van der Waals surface area contributed by atoms with E-state index in [1.807, 2.05) is 6.07 Å². The Hall–Kier alpha value is -0.530. The van der Waals surface area contributed by atoms with Crippen molar-refractivity contribution in [2.24, 2.45) is 0 Å². The van der Waals surface area contributed by atoms with Crippen molar-refractivity contribution < 1.29 is 4.74 Å². The third kappa shape index (κ3) is 1.11. The summed E-state index contributed by atoms with van der Waals surface area (Å²) in [6.45, 7) is 0.904. The first-order valence-electron chi connectivity index (χ1n) is 4.73. The molecule has 1 heterocycles. The lowest BCUT2D eigenvalue weighted by Gasteiger charge is -2.22. The van der Waals surface area contributed by atoms with Crippen LogP contribution in [0, 0.1) is 0 Å². The Morgan fingerprint density at radius 3 is 3.00 bits per heavy atom. The Kier molecular flexibility index (Phi) is 1.50. The van der Waals surface area contributed by atoms with Gasteiger partial charge in [0.2, 0.25) is 0 Å². The highest BCUT2D eigenvalue weighted by atomic mass is 35.5. The monoisotopic (exact) mass is 194 g/mol. The predicted octanol–water partition coefficient (Wildman–Crippen LogP) is 2.90. The van der Waals surface area contributed by atoms with Gasteiger partial charge in [0.25, 0.3) is 0 Å². The number of hydrogen-bond acceptors (Lipinski definition) is 1. The molecule has 2 heteroatoms. The van der Waals surface area contributed by atoms with Crippen LogP contribution in [0.4, 0.5) is 0 Å². The van der Waals surface area contributed by atoms with E-state index < -0.39 is 0 Å². The smallest absolute Gasteiger partial charge is 0.117 e. The average Bonchev–Trinajstić information content (AvgIpc) is 2.86. The quantitative estimate of drug-likeness (QED) is 0.579. The summed E-state index contributed by atoms with van der Waals surface area (Å²) in [5, 5.41) is 0.844. The Morgan fingerprint density at radius 2 is 2.23 bits per heavy atom. The number of fused-ring (bicyclic) bond motifs is 2. The van der Waals surface area contributed by atoms with Crippen LogP contribution in [0.25, 0.3) is 0 Å². The van der Waals surface area contributed by atoms with Gasteiger partial charge < -0.3 is 4.74 Å². The second-order valence-electron chi connectivity index (χ2n) is 3.94. The topological polar surface area (TPSA) is 12.5 Å². The lowest BCUT2D eigenvalue weighted by molar-refractivity contribution is 0.277. The molecule has 1 nitrogen and oxygen atoms in total. The molecule has 0 amide bonds. The van der Waals surface area contributed by atoms with Gasteiger partial charge >= 0.3 is 0 Å². The molecule has 1 aromatic rings. The van der Waals surface area contributed by atoms with Gasteiger partial charge in [0.15, 0.2) is 0 Å². The second-order valence-corrected chi connectivity index (χ2v) is 4.37. The van der Waals surface area contributed by atoms with Crippen LogP contribution < -0.4 is 0 Å². The summed E-state index contributed by atoms with van der Waals surface area (Å²) in [5.41, 5.74) is 2.86. The van der Waals surface area contributed by atoms with Crippen molar-refractivity contribution in [2.75, 3.05) is 6.61 Å². The molecule has 1 atom stereocenters. The van der Waals surface area contributed by atoms with Gasteiger partial charge in [-0.1, -0.05) is 17.7 Å². The number of halogens is 1. The van der Waals surface area contributed by atoms with Gasteiger partial charge in [-0.2, -0.15) is 0 Å². The normalized spacial score (nSPS) is 30.2. The number of benzene rings is 1. The molecule has 1 aliphatic carbocycles. The van der Waals surface area contributed by atoms with Crippen LogP contribution in [-0.4, -0.2) is 6.61 Å². The zero-order chi connectivity index (χ0) is 8.89. The van der Waals surface area contributed by atoms with Crippen molar-refractivity contribution in [3.8, 4) is 0 Å². The van der Waals surface area contributed by atoms with E-state index >= 15 is 0 Å². The molecule has 0 radical (unpaired) electrons. The number of epoxide rings is 1. The van der Waals surface area contributed by atoms with Crippen LogP contribution in [0.1, 0.15) is 24.0 Å². The molecule has 0 saturated carbocycles. The fraction of sp³-hybridized carbons (Fsp3) is 0.455. The summed E-state index contributed by atoms with van der Waals surface area (Å²) >= 11 is 5.95. The first-order chi connectivity index (χ1) is 6.30. The van der Waals surface area contributed by atoms with Gasteiger partial charge in [0.1, 0.15) is 5.60 Å². The minimum atomic E-state index is 0.0954. The molecule has 68 valence electrons. The summed E-state index contributed by atoms with van der Waals surface area (Å²) < 4.78 is 5.56. The minimum absolute atomic E-state index is 0.0954. The van der Waals surface area contributed by atoms with Gasteiger partial charge in [-0.25, -0.2) is 0 Å². The van der Waals surface area contributed by atoms with Crippen LogP contribution in [-0.2, 0) is 16.8 Å². The average molecular weight is 195 g/mol. The first kappa shape index (κ1) is 7.84. The molecule has 1 aliphatic heterocycles. The van der Waals surface area contributed by atoms with E-state index in [4.69, 9.17) is 16.3 Å². The molecule has 2 aliphatic rings. The van der Waals surface area contributed by atoms with Crippen LogP contribution in [0.3, 0.4) is 0 Å². The molecule has 0 N–H and O–H groups in total. The van der Waals surface area contributed by atoms with Crippen molar-refractivity contribution in [2.45, 2.75) is 24.9 Å². The van der Waals surface area contributed by atoms with E-state index in [1.165, 1.54) is 24.0 Å². The van der Waals surface area contributed by atoms with E-state index in [0.717, 1.165) is 18.1 Å². The third-order valence-electron chi connectivity index (χ3n) is 3.08. The van der Waals surface area contributed by atoms with E-state index in [-0.39, 0.29) is 5.60 Å². The van der Waals surface area contributed by atoms with Gasteiger partial charge in [0.05, 0.1) is 6.61 Å². The Labute approximate surface area is 82.7 Å². The standard InChI is InChI=1S/C11H11ClO/c12-9-3-4-10-8(6-9)2-1-5-11(10)7-13-11/h3-4,6H,1-2,5,7H2. The second kappa shape index (κ2) is 2.49. The molecule has 0 bridgehead atoms. The van der Waals surface area contributed by atoms with Gasteiger partial charge in [-0.05, 0) is 42.5 Å². The van der Waals surface area contributed by atoms with E-state index in [9.17, 15) is 0 Å². The molecule has 3 rings (SSSR count). The van der Waals surface area contributed by atoms with Crippen LogP contribution in [0.15, 0.2) is 18.2 Å². The fourth-order valence-corrected chi connectivity index (χ4v) is 2.49. The maximum atomic E-state index is 5.95. The molecule has 1 aromatic carbocycles. The number of aryl methyl sites for hydroxylation is 1. The Bertz CT molecular complexity index is 355. The molecule has 1 unspecified atom stereocenters. The zero-order valence-electron chi connectivity index (χ0n) is 7.35. The molecular formula is C11H11ClO. The SMILES string of the molecule is Clc1ccc2c(c1)CCCC21CO1. The Balaban J connectivity index is 2.15. The van der Waals surface area contributed by atoms with Crippen molar-refractivity contribution in [1.29, 1.82) is 0 Å². The lowest BCUT2D eigenvalue weighted by Crippen LogP contribution is -2.17. The van der Waals surface area contributed by atoms with Crippen molar-refractivity contribution in [3.05, 3.63) is 34.3 Å². The van der Waals surface area contributed by atoms with E-state index in [2.05, 4.69) is 12.1 Å². The summed E-state index contributed by atoms with van der Waals surface area (Å²) in [7, 11) is 0. The first-order valence-corrected chi connectivity index (χ1v) is 5.11. The molecule has 1 fully saturated rings.